The predicted molar refractivity (Wildman–Crippen MR) is 90.6 cm³/mol. The van der Waals surface area contributed by atoms with Gasteiger partial charge >= 0.3 is 0 Å². The number of sulfonamides is 1. The number of anilines is 1. The molecule has 1 heterocycles. The van der Waals surface area contributed by atoms with Gasteiger partial charge in [0.05, 0.1) is 10.6 Å². The Morgan fingerprint density at radius 3 is 2.80 bits per heavy atom. The van der Waals surface area contributed by atoms with Crippen LogP contribution in [0.1, 0.15) is 5.56 Å². The predicted octanol–water partition coefficient (Wildman–Crippen LogP) is 2.63. The Morgan fingerprint density at radius 1 is 1.32 bits per heavy atom. The van der Waals surface area contributed by atoms with Gasteiger partial charge in [-0.2, -0.15) is 4.31 Å². The summed E-state index contributed by atoms with van der Waals surface area (Å²) >= 11 is 5.96. The van der Waals surface area contributed by atoms with E-state index in [1.54, 1.807) is 0 Å². The number of hydrogen-bond donors (Lipinski definition) is 1. The summed E-state index contributed by atoms with van der Waals surface area (Å²) in [6, 6.07) is 8.29. The van der Waals surface area contributed by atoms with Crippen molar-refractivity contribution in [2.75, 3.05) is 19.0 Å². The number of nitrogens with one attached hydrogen (secondary N) is 1. The van der Waals surface area contributed by atoms with Gasteiger partial charge < -0.3 is 10.1 Å². The zero-order valence-electron chi connectivity index (χ0n) is 13.1. The van der Waals surface area contributed by atoms with E-state index in [1.807, 2.05) is 0 Å². The Balaban J connectivity index is 1.91. The van der Waals surface area contributed by atoms with Crippen molar-refractivity contribution in [3.8, 4) is 5.75 Å². The van der Waals surface area contributed by atoms with Gasteiger partial charge in [-0.3, -0.25) is 4.79 Å². The first-order valence-corrected chi connectivity index (χ1v) is 9.07. The van der Waals surface area contributed by atoms with Crippen LogP contribution in [0.4, 0.5) is 10.1 Å². The van der Waals surface area contributed by atoms with Gasteiger partial charge in [0.25, 0.3) is 5.91 Å². The van der Waals surface area contributed by atoms with E-state index >= 15 is 0 Å². The van der Waals surface area contributed by atoms with E-state index in [1.165, 1.54) is 43.4 Å². The van der Waals surface area contributed by atoms with Crippen LogP contribution in [0.25, 0.3) is 0 Å². The molecule has 6 nitrogen and oxygen atoms in total. The smallest absolute Gasteiger partial charge is 0.262 e. The topological polar surface area (TPSA) is 75.7 Å². The molecule has 3 rings (SSSR count). The minimum absolute atomic E-state index is 0.0491. The zero-order chi connectivity index (χ0) is 18.2. The summed E-state index contributed by atoms with van der Waals surface area (Å²) in [6.07, 6.45) is 0. The lowest BCUT2D eigenvalue weighted by atomic mass is 10.2. The van der Waals surface area contributed by atoms with E-state index in [0.717, 1.165) is 4.31 Å². The SMILES string of the molecule is CN(Cc1c(F)cccc1Cl)S(=O)(=O)c1ccc2c(c1)NC(=O)CO2. The minimum Gasteiger partial charge on any atom is -0.482 e. The molecule has 1 aliphatic rings. The number of carbonyl (C=O) groups excluding carboxylic acids is 1. The molecule has 25 heavy (non-hydrogen) atoms. The number of fused-ring (bicyclic) bond motifs is 1. The van der Waals surface area contributed by atoms with Gasteiger partial charge in [-0.25, -0.2) is 12.8 Å². The highest BCUT2D eigenvalue weighted by Crippen LogP contribution is 2.31. The fourth-order valence-electron chi connectivity index (χ4n) is 2.39. The fraction of sp³-hybridized carbons (Fsp3) is 0.188. The number of carbonyl (C=O) groups is 1. The van der Waals surface area contributed by atoms with Crippen LogP contribution in [-0.4, -0.2) is 32.3 Å². The van der Waals surface area contributed by atoms with Gasteiger partial charge in [0.15, 0.2) is 6.61 Å². The second-order valence-corrected chi connectivity index (χ2v) is 7.91. The lowest BCUT2D eigenvalue weighted by Gasteiger charge is -2.21. The molecule has 1 amide bonds. The molecule has 0 atom stereocenters. The van der Waals surface area contributed by atoms with Crippen LogP contribution in [0.15, 0.2) is 41.3 Å². The molecule has 0 aromatic heterocycles. The van der Waals surface area contributed by atoms with Gasteiger partial charge in [-0.05, 0) is 30.3 Å². The average molecular weight is 385 g/mol. The van der Waals surface area contributed by atoms with Gasteiger partial charge in [0, 0.05) is 24.2 Å². The summed E-state index contributed by atoms with van der Waals surface area (Å²) in [5, 5.41) is 2.70. The monoisotopic (exact) mass is 384 g/mol. The van der Waals surface area contributed by atoms with E-state index in [9.17, 15) is 17.6 Å². The maximum Gasteiger partial charge on any atom is 0.262 e. The molecule has 2 aromatic rings. The van der Waals surface area contributed by atoms with Crippen molar-refractivity contribution in [2.45, 2.75) is 11.4 Å². The molecule has 0 fully saturated rings. The Bertz CT molecular complexity index is 929. The molecule has 1 aliphatic heterocycles. The van der Waals surface area contributed by atoms with Crippen molar-refractivity contribution in [1.29, 1.82) is 0 Å². The van der Waals surface area contributed by atoms with Gasteiger partial charge in [-0.1, -0.05) is 17.7 Å². The van der Waals surface area contributed by atoms with Crippen LogP contribution in [0.5, 0.6) is 5.75 Å². The number of hydrogen-bond acceptors (Lipinski definition) is 4. The van der Waals surface area contributed by atoms with Crippen LogP contribution in [0, 0.1) is 5.82 Å². The highest BCUT2D eigenvalue weighted by Gasteiger charge is 2.25. The largest absolute Gasteiger partial charge is 0.482 e. The van der Waals surface area contributed by atoms with Crippen molar-refractivity contribution >= 4 is 33.2 Å². The first kappa shape index (κ1) is 17.7. The zero-order valence-corrected chi connectivity index (χ0v) is 14.7. The molecule has 0 unspecified atom stereocenters. The van der Waals surface area contributed by atoms with Crippen LogP contribution in [-0.2, 0) is 21.4 Å². The van der Waals surface area contributed by atoms with E-state index in [4.69, 9.17) is 16.3 Å². The van der Waals surface area contributed by atoms with E-state index in [0.29, 0.717) is 5.75 Å². The normalized spacial score (nSPS) is 14.0. The summed E-state index contributed by atoms with van der Waals surface area (Å²) in [7, 11) is -2.59. The molecule has 0 radical (unpaired) electrons. The maximum atomic E-state index is 13.9. The molecule has 2 aromatic carbocycles. The first-order valence-electron chi connectivity index (χ1n) is 7.25. The summed E-state index contributed by atoms with van der Waals surface area (Å²) in [5.74, 6) is -0.562. The Hall–Kier alpha value is -2.16. The summed E-state index contributed by atoms with van der Waals surface area (Å²) in [4.78, 5) is 11.3. The Morgan fingerprint density at radius 2 is 2.08 bits per heavy atom. The molecule has 0 spiro atoms. The third kappa shape index (κ3) is 3.46. The van der Waals surface area contributed by atoms with Gasteiger partial charge in [0.1, 0.15) is 11.6 Å². The van der Waals surface area contributed by atoms with Gasteiger partial charge in [-0.15, -0.1) is 0 Å². The summed E-state index contributed by atoms with van der Waals surface area (Å²) in [6.45, 7) is -0.349. The number of rotatable bonds is 4. The van der Waals surface area contributed by atoms with Gasteiger partial charge in [0.2, 0.25) is 10.0 Å². The molecule has 0 aliphatic carbocycles. The number of halogens is 2. The average Bonchev–Trinajstić information content (AvgIpc) is 2.57. The summed E-state index contributed by atoms with van der Waals surface area (Å²) in [5.41, 5.74) is 0.361. The molecular formula is C16H14ClFN2O4S. The third-order valence-corrected chi connectivity index (χ3v) is 5.89. The van der Waals surface area contributed by atoms with Crippen molar-refractivity contribution in [3.63, 3.8) is 0 Å². The van der Waals surface area contributed by atoms with Crippen LogP contribution in [0.3, 0.4) is 0 Å². The van der Waals surface area contributed by atoms with Crippen LogP contribution in [0.2, 0.25) is 5.02 Å². The van der Waals surface area contributed by atoms with Crippen molar-refractivity contribution in [3.05, 3.63) is 52.8 Å². The standard InChI is InChI=1S/C16H14ClFN2O4S/c1-20(8-11-12(17)3-2-4-13(11)18)25(22,23)10-5-6-15-14(7-10)19-16(21)9-24-15/h2-7H,8-9H2,1H3,(H,19,21). The first-order chi connectivity index (χ1) is 11.8. The number of amides is 1. The quantitative estimate of drug-likeness (QED) is 0.879. The molecule has 9 heteroatoms. The second-order valence-electron chi connectivity index (χ2n) is 5.46. The Kier molecular flexibility index (Phi) is 4.68. The lowest BCUT2D eigenvalue weighted by Crippen LogP contribution is -2.28. The second kappa shape index (κ2) is 6.62. The van der Waals surface area contributed by atoms with Crippen molar-refractivity contribution < 1.29 is 22.3 Å². The van der Waals surface area contributed by atoms with Crippen molar-refractivity contribution in [2.24, 2.45) is 0 Å². The highest BCUT2D eigenvalue weighted by atomic mass is 35.5. The molecule has 0 saturated heterocycles. The third-order valence-electron chi connectivity index (χ3n) is 3.73. The van der Waals surface area contributed by atoms with Crippen LogP contribution >= 0.6 is 11.6 Å². The lowest BCUT2D eigenvalue weighted by molar-refractivity contribution is -0.118. The maximum absolute atomic E-state index is 13.9. The fourth-order valence-corrected chi connectivity index (χ4v) is 3.78. The van der Waals surface area contributed by atoms with Crippen molar-refractivity contribution in [1.82, 2.24) is 4.31 Å². The molecule has 0 bridgehead atoms. The molecular weight excluding hydrogens is 371 g/mol. The minimum atomic E-state index is -3.92. The number of ether oxygens (including phenoxy) is 1. The molecule has 0 saturated carbocycles. The molecule has 132 valence electrons. The van der Waals surface area contributed by atoms with E-state index in [-0.39, 0.29) is 40.2 Å². The van der Waals surface area contributed by atoms with Crippen LogP contribution < -0.4 is 10.1 Å². The number of benzene rings is 2. The van der Waals surface area contributed by atoms with E-state index < -0.39 is 15.8 Å². The summed E-state index contributed by atoms with van der Waals surface area (Å²) < 4.78 is 45.6. The number of nitrogens with zero attached hydrogens (tertiary/aromatic N) is 1. The highest BCUT2D eigenvalue weighted by molar-refractivity contribution is 7.89. The van der Waals surface area contributed by atoms with E-state index in [2.05, 4.69) is 5.32 Å². The molecule has 1 N–H and O–H groups in total. The Labute approximate surface area is 149 Å².